The number of nitrogens with zero attached hydrogens (tertiary/aromatic N) is 2. The molecular weight excluding hydrogens is 368 g/mol. The second-order valence-electron chi connectivity index (χ2n) is 7.29. The Labute approximate surface area is 170 Å². The fourth-order valence-electron chi connectivity index (χ4n) is 3.41. The maximum atomic E-state index is 12.4. The van der Waals surface area contributed by atoms with Gasteiger partial charge in [0, 0.05) is 12.2 Å². The van der Waals surface area contributed by atoms with Gasteiger partial charge in [-0.05, 0) is 56.8 Å². The Morgan fingerprint density at radius 2 is 2.07 bits per heavy atom. The largest absolute Gasteiger partial charge is 0.364 e. The van der Waals surface area contributed by atoms with Crippen LogP contribution in [0, 0.1) is 0 Å². The molecule has 154 valence electrons. The van der Waals surface area contributed by atoms with Gasteiger partial charge in [-0.2, -0.15) is 0 Å². The van der Waals surface area contributed by atoms with E-state index in [4.69, 9.17) is 5.73 Å². The second kappa shape index (κ2) is 9.00. The van der Waals surface area contributed by atoms with Gasteiger partial charge in [-0.15, -0.1) is 0 Å². The summed E-state index contributed by atoms with van der Waals surface area (Å²) in [5, 5.41) is 9.30. The molecule has 5 N–H and O–H groups in total. The standard InChI is InChI=1S/C21H28N6O2/c1-3-15-13-25-19(17(26-15)18(22)28)27-16-7-4-6-14(12-16)8-11-24-20(29)21(23-2)9-5-10-21/h4,6-7,12-13,23H,3,5,8-11H2,1-2H3,(H2,22,28)(H,24,29)(H,25,27). The lowest BCUT2D eigenvalue weighted by molar-refractivity contribution is -0.130. The Morgan fingerprint density at radius 3 is 2.69 bits per heavy atom. The zero-order valence-electron chi connectivity index (χ0n) is 16.9. The number of hydrogen-bond donors (Lipinski definition) is 4. The Kier molecular flexibility index (Phi) is 6.43. The number of aryl methyl sites for hydroxylation is 1. The van der Waals surface area contributed by atoms with Crippen molar-refractivity contribution in [1.29, 1.82) is 0 Å². The van der Waals surface area contributed by atoms with E-state index in [1.54, 1.807) is 6.20 Å². The van der Waals surface area contributed by atoms with E-state index in [1.807, 2.05) is 38.2 Å². The van der Waals surface area contributed by atoms with Crippen molar-refractivity contribution in [2.75, 3.05) is 18.9 Å². The SMILES string of the molecule is CCc1cnc(Nc2cccc(CCNC(=O)C3(NC)CCC3)c2)c(C(N)=O)n1. The number of likely N-dealkylation sites (N-methyl/N-ethyl adjacent to an activating group) is 1. The molecule has 0 spiro atoms. The molecule has 0 atom stereocenters. The molecule has 0 saturated heterocycles. The molecule has 8 heteroatoms. The van der Waals surface area contributed by atoms with Gasteiger partial charge in [0.15, 0.2) is 11.5 Å². The van der Waals surface area contributed by atoms with Crippen LogP contribution < -0.4 is 21.7 Å². The van der Waals surface area contributed by atoms with E-state index >= 15 is 0 Å². The van der Waals surface area contributed by atoms with Crippen molar-refractivity contribution in [2.45, 2.75) is 44.6 Å². The van der Waals surface area contributed by atoms with Crippen molar-refractivity contribution < 1.29 is 9.59 Å². The first-order valence-electron chi connectivity index (χ1n) is 9.96. The first-order chi connectivity index (χ1) is 14.0. The number of amides is 2. The molecule has 29 heavy (non-hydrogen) atoms. The molecule has 1 aromatic carbocycles. The first-order valence-corrected chi connectivity index (χ1v) is 9.96. The van der Waals surface area contributed by atoms with E-state index < -0.39 is 11.4 Å². The molecule has 8 nitrogen and oxygen atoms in total. The van der Waals surface area contributed by atoms with Gasteiger partial charge in [-0.1, -0.05) is 19.1 Å². The number of nitrogens with one attached hydrogen (secondary N) is 3. The van der Waals surface area contributed by atoms with Crippen LogP contribution in [0.25, 0.3) is 0 Å². The summed E-state index contributed by atoms with van der Waals surface area (Å²) in [6, 6.07) is 7.75. The first kappa shape index (κ1) is 20.7. The summed E-state index contributed by atoms with van der Waals surface area (Å²) in [4.78, 5) is 32.7. The Bertz CT molecular complexity index is 889. The van der Waals surface area contributed by atoms with E-state index in [0.717, 1.165) is 30.5 Å². The van der Waals surface area contributed by atoms with Crippen molar-refractivity contribution in [3.63, 3.8) is 0 Å². The number of nitrogens with two attached hydrogens (primary N) is 1. The zero-order chi connectivity index (χ0) is 20.9. The van der Waals surface area contributed by atoms with Crippen molar-refractivity contribution in [3.05, 3.63) is 47.4 Å². The molecule has 1 aliphatic carbocycles. The number of benzene rings is 1. The highest BCUT2D eigenvalue weighted by molar-refractivity contribution is 5.96. The number of hydrogen-bond acceptors (Lipinski definition) is 6. The van der Waals surface area contributed by atoms with Gasteiger partial charge in [0.25, 0.3) is 5.91 Å². The van der Waals surface area contributed by atoms with Gasteiger partial charge < -0.3 is 21.7 Å². The lowest BCUT2D eigenvalue weighted by Crippen LogP contribution is -2.60. The number of anilines is 2. The van der Waals surface area contributed by atoms with Crippen LogP contribution in [0.4, 0.5) is 11.5 Å². The van der Waals surface area contributed by atoms with E-state index in [1.165, 1.54) is 0 Å². The summed E-state index contributed by atoms with van der Waals surface area (Å²) < 4.78 is 0. The predicted octanol–water partition coefficient (Wildman–Crippen LogP) is 1.68. The van der Waals surface area contributed by atoms with Crippen LogP contribution in [-0.2, 0) is 17.6 Å². The van der Waals surface area contributed by atoms with E-state index in [-0.39, 0.29) is 11.6 Å². The molecule has 1 aliphatic rings. The summed E-state index contributed by atoms with van der Waals surface area (Å²) in [7, 11) is 1.84. The highest BCUT2D eigenvalue weighted by Gasteiger charge is 2.42. The fraction of sp³-hybridized carbons (Fsp3) is 0.429. The molecule has 1 heterocycles. The molecule has 0 bridgehead atoms. The molecule has 1 saturated carbocycles. The van der Waals surface area contributed by atoms with Crippen LogP contribution in [0.3, 0.4) is 0 Å². The minimum Gasteiger partial charge on any atom is -0.364 e. The second-order valence-corrected chi connectivity index (χ2v) is 7.29. The lowest BCUT2D eigenvalue weighted by atomic mass is 9.76. The van der Waals surface area contributed by atoms with E-state index in [9.17, 15) is 9.59 Å². The molecule has 2 aromatic rings. The Hall–Kier alpha value is -3.00. The third kappa shape index (κ3) is 4.71. The Morgan fingerprint density at radius 1 is 1.28 bits per heavy atom. The molecule has 0 unspecified atom stereocenters. The molecular formula is C21H28N6O2. The molecule has 0 radical (unpaired) electrons. The topological polar surface area (TPSA) is 122 Å². The highest BCUT2D eigenvalue weighted by Crippen LogP contribution is 2.31. The number of carbonyl (C=O) groups excluding carboxylic acids is 2. The molecule has 0 aliphatic heterocycles. The van der Waals surface area contributed by atoms with Crippen LogP contribution in [0.5, 0.6) is 0 Å². The van der Waals surface area contributed by atoms with Crippen LogP contribution in [0.2, 0.25) is 0 Å². The van der Waals surface area contributed by atoms with Crippen LogP contribution in [0.15, 0.2) is 30.5 Å². The minimum atomic E-state index is -0.622. The third-order valence-corrected chi connectivity index (χ3v) is 5.43. The average molecular weight is 396 g/mol. The summed E-state index contributed by atoms with van der Waals surface area (Å²) in [6.07, 6.45) is 5.85. The molecule has 1 aromatic heterocycles. The predicted molar refractivity (Wildman–Crippen MR) is 112 cm³/mol. The zero-order valence-corrected chi connectivity index (χ0v) is 16.9. The molecule has 2 amide bonds. The smallest absolute Gasteiger partial charge is 0.271 e. The summed E-state index contributed by atoms with van der Waals surface area (Å²) in [5.41, 5.74) is 7.73. The van der Waals surface area contributed by atoms with Crippen LogP contribution >= 0.6 is 0 Å². The van der Waals surface area contributed by atoms with Crippen molar-refractivity contribution in [1.82, 2.24) is 20.6 Å². The maximum Gasteiger partial charge on any atom is 0.271 e. The highest BCUT2D eigenvalue weighted by atomic mass is 16.2. The van der Waals surface area contributed by atoms with Gasteiger partial charge in [-0.25, -0.2) is 9.97 Å². The number of carbonyl (C=O) groups is 2. The average Bonchev–Trinajstić information content (AvgIpc) is 2.68. The monoisotopic (exact) mass is 396 g/mol. The van der Waals surface area contributed by atoms with Gasteiger partial charge in [-0.3, -0.25) is 9.59 Å². The number of rotatable bonds is 9. The normalized spacial score (nSPS) is 14.7. The summed E-state index contributed by atoms with van der Waals surface area (Å²) in [5.74, 6) is -0.220. The lowest BCUT2D eigenvalue weighted by Gasteiger charge is -2.39. The van der Waals surface area contributed by atoms with Gasteiger partial charge in [0.05, 0.1) is 17.4 Å². The van der Waals surface area contributed by atoms with E-state index in [0.29, 0.717) is 30.9 Å². The Balaban J connectivity index is 1.63. The minimum absolute atomic E-state index is 0.0675. The summed E-state index contributed by atoms with van der Waals surface area (Å²) >= 11 is 0. The van der Waals surface area contributed by atoms with Crippen LogP contribution in [0.1, 0.15) is 47.9 Å². The van der Waals surface area contributed by atoms with Crippen molar-refractivity contribution >= 4 is 23.3 Å². The van der Waals surface area contributed by atoms with E-state index in [2.05, 4.69) is 25.9 Å². The van der Waals surface area contributed by atoms with Crippen LogP contribution in [-0.4, -0.2) is 40.9 Å². The summed E-state index contributed by atoms with van der Waals surface area (Å²) in [6.45, 7) is 2.50. The van der Waals surface area contributed by atoms with Crippen molar-refractivity contribution in [3.8, 4) is 0 Å². The fourth-order valence-corrected chi connectivity index (χ4v) is 3.41. The van der Waals surface area contributed by atoms with Crippen molar-refractivity contribution in [2.24, 2.45) is 5.73 Å². The number of primary amides is 1. The van der Waals surface area contributed by atoms with Gasteiger partial charge in [0.2, 0.25) is 5.91 Å². The quantitative estimate of drug-likeness (QED) is 0.512. The van der Waals surface area contributed by atoms with Gasteiger partial charge in [0.1, 0.15) is 0 Å². The van der Waals surface area contributed by atoms with Gasteiger partial charge >= 0.3 is 0 Å². The number of aromatic nitrogens is 2. The molecule has 1 fully saturated rings. The third-order valence-electron chi connectivity index (χ3n) is 5.43. The maximum absolute atomic E-state index is 12.4. The molecule has 3 rings (SSSR count).